The van der Waals surface area contributed by atoms with Gasteiger partial charge in [0, 0.05) is 31.9 Å². The molecule has 0 aliphatic carbocycles. The number of benzene rings is 1. The molecule has 0 amide bonds. The molecule has 0 atom stereocenters. The van der Waals surface area contributed by atoms with Gasteiger partial charge in [0.1, 0.15) is 6.07 Å². The normalized spacial score (nSPS) is 14.9. The Morgan fingerprint density at radius 3 is 2.52 bits per heavy atom. The van der Waals surface area contributed by atoms with E-state index in [4.69, 9.17) is 4.74 Å². The minimum atomic E-state index is 0.620. The van der Waals surface area contributed by atoms with Gasteiger partial charge in [0.05, 0.1) is 30.2 Å². The van der Waals surface area contributed by atoms with Crippen LogP contribution in [0.5, 0.6) is 0 Å². The zero-order valence-electron chi connectivity index (χ0n) is 14.9. The van der Waals surface area contributed by atoms with E-state index in [9.17, 15) is 5.26 Å². The molecule has 130 valence electrons. The average Bonchev–Trinajstić information content (AvgIpc) is 2.62. The lowest BCUT2D eigenvalue weighted by Crippen LogP contribution is -2.35. The first-order chi connectivity index (χ1) is 12.2. The molecule has 1 N–H and O–H groups in total. The van der Waals surface area contributed by atoms with E-state index in [2.05, 4.69) is 45.5 Å². The van der Waals surface area contributed by atoms with Gasteiger partial charge < -0.3 is 10.1 Å². The highest BCUT2D eigenvalue weighted by Crippen LogP contribution is 2.19. The summed E-state index contributed by atoms with van der Waals surface area (Å²) in [5.74, 6) is 0. The van der Waals surface area contributed by atoms with Gasteiger partial charge in [0.15, 0.2) is 0 Å². The third-order valence-corrected chi connectivity index (χ3v) is 4.46. The van der Waals surface area contributed by atoms with Gasteiger partial charge in [-0.25, -0.2) is 0 Å². The summed E-state index contributed by atoms with van der Waals surface area (Å²) in [6, 6.07) is 12.8. The van der Waals surface area contributed by atoms with Crippen molar-refractivity contribution in [3.8, 4) is 6.07 Å². The summed E-state index contributed by atoms with van der Waals surface area (Å²) in [6.07, 6.45) is 0. The number of ether oxygens (including phenoxy) is 1. The van der Waals surface area contributed by atoms with E-state index < -0.39 is 0 Å². The van der Waals surface area contributed by atoms with Crippen LogP contribution >= 0.6 is 0 Å². The zero-order valence-corrected chi connectivity index (χ0v) is 14.9. The van der Waals surface area contributed by atoms with Crippen molar-refractivity contribution < 1.29 is 4.74 Å². The van der Waals surface area contributed by atoms with E-state index in [-0.39, 0.29) is 0 Å². The predicted molar refractivity (Wildman–Crippen MR) is 98.3 cm³/mol. The number of nitriles is 1. The van der Waals surface area contributed by atoms with Crippen LogP contribution < -0.4 is 5.32 Å². The Kier molecular flexibility index (Phi) is 5.64. The molecule has 1 aliphatic rings. The Labute approximate surface area is 149 Å². The lowest BCUT2D eigenvalue weighted by Gasteiger charge is -2.26. The van der Waals surface area contributed by atoms with Gasteiger partial charge in [-0.3, -0.25) is 9.88 Å². The Morgan fingerprint density at radius 2 is 1.84 bits per heavy atom. The van der Waals surface area contributed by atoms with Crippen LogP contribution in [-0.4, -0.2) is 36.2 Å². The van der Waals surface area contributed by atoms with Crippen molar-refractivity contribution in [2.24, 2.45) is 0 Å². The van der Waals surface area contributed by atoms with Crippen LogP contribution in [0.1, 0.15) is 28.1 Å². The summed E-state index contributed by atoms with van der Waals surface area (Å²) in [5, 5.41) is 12.7. The van der Waals surface area contributed by atoms with Crippen LogP contribution in [0.4, 0.5) is 5.69 Å². The third kappa shape index (κ3) is 4.56. The smallest absolute Gasteiger partial charge is 0.103 e. The molecule has 1 saturated heterocycles. The zero-order chi connectivity index (χ0) is 17.6. The number of morpholine rings is 1. The second-order valence-corrected chi connectivity index (χ2v) is 6.44. The van der Waals surface area contributed by atoms with E-state index in [0.717, 1.165) is 49.9 Å². The number of anilines is 1. The molecule has 0 spiro atoms. The Hall–Kier alpha value is -2.42. The molecule has 3 rings (SSSR count). The number of pyridine rings is 1. The third-order valence-electron chi connectivity index (χ3n) is 4.46. The molecule has 25 heavy (non-hydrogen) atoms. The van der Waals surface area contributed by atoms with Crippen LogP contribution in [0.2, 0.25) is 0 Å². The van der Waals surface area contributed by atoms with Crippen molar-refractivity contribution in [1.82, 2.24) is 9.88 Å². The minimum Gasteiger partial charge on any atom is -0.380 e. The number of rotatable bonds is 5. The molecule has 1 fully saturated rings. The Balaban J connectivity index is 1.61. The van der Waals surface area contributed by atoms with Crippen molar-refractivity contribution in [2.45, 2.75) is 26.9 Å². The molecule has 1 aromatic carbocycles. The summed E-state index contributed by atoms with van der Waals surface area (Å²) in [6.45, 7) is 9.13. The van der Waals surface area contributed by atoms with E-state index in [1.54, 1.807) is 0 Å². The molecule has 0 radical (unpaired) electrons. The van der Waals surface area contributed by atoms with Crippen molar-refractivity contribution in [1.29, 1.82) is 5.26 Å². The molecule has 0 bridgehead atoms. The number of aryl methyl sites for hydroxylation is 2. The van der Waals surface area contributed by atoms with Crippen molar-refractivity contribution in [3.63, 3.8) is 0 Å². The molecule has 2 aromatic rings. The molecule has 5 heteroatoms. The van der Waals surface area contributed by atoms with Crippen molar-refractivity contribution >= 4 is 5.69 Å². The largest absolute Gasteiger partial charge is 0.380 e. The number of aromatic nitrogens is 1. The molecule has 1 aliphatic heterocycles. The summed E-state index contributed by atoms with van der Waals surface area (Å²) >= 11 is 0. The maximum absolute atomic E-state index is 9.34. The first kappa shape index (κ1) is 17.4. The Bertz CT molecular complexity index is 759. The predicted octanol–water partition coefficient (Wildman–Crippen LogP) is 3.01. The van der Waals surface area contributed by atoms with Gasteiger partial charge in [-0.1, -0.05) is 24.3 Å². The maximum Gasteiger partial charge on any atom is 0.103 e. The van der Waals surface area contributed by atoms with E-state index in [0.29, 0.717) is 12.1 Å². The van der Waals surface area contributed by atoms with E-state index >= 15 is 0 Å². The molecule has 5 nitrogen and oxygen atoms in total. The van der Waals surface area contributed by atoms with E-state index in [1.807, 2.05) is 19.9 Å². The number of nitrogens with one attached hydrogen (secondary N) is 1. The van der Waals surface area contributed by atoms with Gasteiger partial charge in [-0.2, -0.15) is 5.26 Å². The molecule has 2 heterocycles. The summed E-state index contributed by atoms with van der Waals surface area (Å²) in [5.41, 5.74) is 5.67. The van der Waals surface area contributed by atoms with Gasteiger partial charge in [-0.05, 0) is 31.0 Å². The van der Waals surface area contributed by atoms with E-state index in [1.165, 1.54) is 11.1 Å². The van der Waals surface area contributed by atoms with Crippen molar-refractivity contribution in [3.05, 3.63) is 58.4 Å². The second kappa shape index (κ2) is 8.11. The first-order valence-electron chi connectivity index (χ1n) is 8.66. The lowest BCUT2D eigenvalue weighted by atomic mass is 10.1. The fourth-order valence-corrected chi connectivity index (χ4v) is 3.09. The van der Waals surface area contributed by atoms with Crippen molar-refractivity contribution in [2.75, 3.05) is 31.6 Å². The van der Waals surface area contributed by atoms with Gasteiger partial charge in [0.2, 0.25) is 0 Å². The molecular weight excluding hydrogens is 312 g/mol. The fourth-order valence-electron chi connectivity index (χ4n) is 3.09. The quantitative estimate of drug-likeness (QED) is 0.909. The summed E-state index contributed by atoms with van der Waals surface area (Å²) in [7, 11) is 0. The minimum absolute atomic E-state index is 0.620. The molecule has 0 saturated carbocycles. The first-order valence-corrected chi connectivity index (χ1v) is 8.66. The monoisotopic (exact) mass is 336 g/mol. The van der Waals surface area contributed by atoms with Gasteiger partial charge in [-0.15, -0.1) is 0 Å². The molecule has 0 unspecified atom stereocenters. The van der Waals surface area contributed by atoms with Crippen LogP contribution in [-0.2, 0) is 17.8 Å². The average molecular weight is 336 g/mol. The van der Waals surface area contributed by atoms with Crippen LogP contribution in [0, 0.1) is 25.2 Å². The van der Waals surface area contributed by atoms with Gasteiger partial charge >= 0.3 is 0 Å². The SMILES string of the molecule is Cc1cc(NCc2ccc(CN3CCOCC3)cc2)c(C#N)c(C)n1. The lowest BCUT2D eigenvalue weighted by molar-refractivity contribution is 0.0342. The molecule has 1 aromatic heterocycles. The highest BCUT2D eigenvalue weighted by molar-refractivity contribution is 5.60. The van der Waals surface area contributed by atoms with Gasteiger partial charge in [0.25, 0.3) is 0 Å². The summed E-state index contributed by atoms with van der Waals surface area (Å²) < 4.78 is 5.39. The van der Waals surface area contributed by atoms with Crippen LogP contribution in [0.15, 0.2) is 30.3 Å². The highest BCUT2D eigenvalue weighted by Gasteiger charge is 2.11. The number of hydrogen-bond donors (Lipinski definition) is 1. The second-order valence-electron chi connectivity index (χ2n) is 6.44. The molecular formula is C20H24N4O. The standard InChI is InChI=1S/C20H24N4O/c1-15-11-20(19(12-21)16(2)23-15)22-13-17-3-5-18(6-4-17)14-24-7-9-25-10-8-24/h3-6,11H,7-10,13-14H2,1-2H3,(H,22,23). The fraction of sp³-hybridized carbons (Fsp3) is 0.400. The maximum atomic E-state index is 9.34. The number of hydrogen-bond acceptors (Lipinski definition) is 5. The number of nitrogens with zero attached hydrogens (tertiary/aromatic N) is 3. The Morgan fingerprint density at radius 1 is 1.16 bits per heavy atom. The highest BCUT2D eigenvalue weighted by atomic mass is 16.5. The van der Waals surface area contributed by atoms with Crippen LogP contribution in [0.3, 0.4) is 0 Å². The summed E-state index contributed by atoms with van der Waals surface area (Å²) in [4.78, 5) is 6.77. The topological polar surface area (TPSA) is 61.2 Å². The van der Waals surface area contributed by atoms with Crippen LogP contribution in [0.25, 0.3) is 0 Å².